The summed E-state index contributed by atoms with van der Waals surface area (Å²) in [6.07, 6.45) is 6.01. The molecular formula is C8H10N2O3S2. The third kappa shape index (κ3) is 2.78. The van der Waals surface area contributed by atoms with E-state index in [0.29, 0.717) is 11.3 Å². The van der Waals surface area contributed by atoms with Crippen LogP contribution in [0.4, 0.5) is 0 Å². The van der Waals surface area contributed by atoms with Crippen LogP contribution < -0.4 is 4.89 Å². The van der Waals surface area contributed by atoms with E-state index in [0.717, 1.165) is 0 Å². The van der Waals surface area contributed by atoms with Crippen LogP contribution >= 0.6 is 11.9 Å². The molecule has 0 spiro atoms. The molecule has 0 aliphatic heterocycles. The maximum Gasteiger partial charge on any atom is 0.262 e. The van der Waals surface area contributed by atoms with Gasteiger partial charge in [-0.2, -0.15) is 0 Å². The normalized spacial score (nSPS) is 19.5. The highest BCUT2D eigenvalue weighted by Gasteiger charge is 2.17. The summed E-state index contributed by atoms with van der Waals surface area (Å²) in [4.78, 5) is 1.20. The molecule has 1 aliphatic carbocycles. The molecule has 5 nitrogen and oxygen atoms in total. The van der Waals surface area contributed by atoms with Gasteiger partial charge < -0.3 is 5.21 Å². The van der Waals surface area contributed by atoms with Crippen LogP contribution in [-0.2, 0) is 10.0 Å². The summed E-state index contributed by atoms with van der Waals surface area (Å²) in [7, 11) is -3.84. The van der Waals surface area contributed by atoms with Crippen molar-refractivity contribution in [1.29, 1.82) is 0 Å². The first kappa shape index (κ1) is 12.2. The lowest BCUT2D eigenvalue weighted by molar-refractivity contribution is 0.244. The van der Waals surface area contributed by atoms with Gasteiger partial charge in [0.2, 0.25) is 0 Å². The van der Waals surface area contributed by atoms with Crippen LogP contribution in [0.3, 0.4) is 0 Å². The van der Waals surface area contributed by atoms with Gasteiger partial charge in [0.05, 0.1) is 10.6 Å². The van der Waals surface area contributed by atoms with Crippen LogP contribution in [0.25, 0.3) is 0 Å². The minimum Gasteiger partial charge on any atom is -0.302 e. The maximum atomic E-state index is 11.2. The Labute approximate surface area is 92.4 Å². The van der Waals surface area contributed by atoms with Crippen LogP contribution in [0, 0.1) is 0 Å². The Morgan fingerprint density at radius 2 is 2.20 bits per heavy atom. The number of allylic oxidation sites excluding steroid dienone is 4. The van der Waals surface area contributed by atoms with Crippen molar-refractivity contribution in [2.75, 3.05) is 6.26 Å². The number of sulfonamides is 1. The topological polar surface area (TPSA) is 78.8 Å². The summed E-state index contributed by atoms with van der Waals surface area (Å²) in [6, 6.07) is 0. The third-order valence-corrected chi connectivity index (χ3v) is 3.17. The Balaban J connectivity index is 3.05. The van der Waals surface area contributed by atoms with Gasteiger partial charge in [-0.05, 0) is 35.7 Å². The van der Waals surface area contributed by atoms with Crippen LogP contribution in [0.1, 0.15) is 0 Å². The molecule has 0 heterocycles. The third-order valence-electron chi connectivity index (χ3n) is 1.67. The van der Waals surface area contributed by atoms with Gasteiger partial charge in [-0.3, -0.25) is 0 Å². The number of nitrogens with zero attached hydrogens (tertiary/aromatic N) is 1. The summed E-state index contributed by atoms with van der Waals surface area (Å²) >= 11 is 1.26. The standard InChI is InChI=1S/C8H10N2O3S2/c1-6-5-7(15(12,13)10-11)3-4-8(6)9-14-2/h3-5,10-11H,1H2,2H3. The van der Waals surface area contributed by atoms with Gasteiger partial charge in [0.1, 0.15) is 0 Å². The molecular weight excluding hydrogens is 236 g/mol. The largest absolute Gasteiger partial charge is 0.302 e. The van der Waals surface area contributed by atoms with Crippen molar-refractivity contribution in [2.24, 2.45) is 4.40 Å². The zero-order valence-corrected chi connectivity index (χ0v) is 9.60. The van der Waals surface area contributed by atoms with Crippen LogP contribution in [0.2, 0.25) is 0 Å². The Morgan fingerprint density at radius 3 is 2.67 bits per heavy atom. The smallest absolute Gasteiger partial charge is 0.262 e. The lowest BCUT2D eigenvalue weighted by Gasteiger charge is -2.09. The fourth-order valence-electron chi connectivity index (χ4n) is 0.969. The molecule has 0 fully saturated rings. The quantitative estimate of drug-likeness (QED) is 0.575. The lowest BCUT2D eigenvalue weighted by atomic mass is 10.1. The second-order valence-corrected chi connectivity index (χ2v) is 4.87. The van der Waals surface area contributed by atoms with Crippen molar-refractivity contribution in [2.45, 2.75) is 0 Å². The van der Waals surface area contributed by atoms with E-state index in [1.165, 1.54) is 35.1 Å². The zero-order valence-electron chi connectivity index (χ0n) is 7.97. The summed E-state index contributed by atoms with van der Waals surface area (Å²) in [5, 5.41) is 8.43. The minimum absolute atomic E-state index is 0.0462. The molecule has 0 bridgehead atoms. The SMILES string of the molecule is C=C1C=C(S(=O)(=O)NO)C=CC1=NSC. The highest BCUT2D eigenvalue weighted by Crippen LogP contribution is 2.18. The van der Waals surface area contributed by atoms with Crippen molar-refractivity contribution in [3.05, 3.63) is 35.3 Å². The Morgan fingerprint density at radius 1 is 1.53 bits per heavy atom. The van der Waals surface area contributed by atoms with E-state index in [9.17, 15) is 8.42 Å². The summed E-state index contributed by atoms with van der Waals surface area (Å²) in [5.74, 6) is 0. The summed E-state index contributed by atoms with van der Waals surface area (Å²) in [6.45, 7) is 3.67. The van der Waals surface area contributed by atoms with Crippen molar-refractivity contribution >= 4 is 27.7 Å². The average Bonchev–Trinajstić information content (AvgIpc) is 2.21. The van der Waals surface area contributed by atoms with Gasteiger partial charge in [-0.25, -0.2) is 12.8 Å². The maximum absolute atomic E-state index is 11.2. The molecule has 0 amide bonds. The van der Waals surface area contributed by atoms with Crippen molar-refractivity contribution in [3.63, 3.8) is 0 Å². The number of hydrogen-bond acceptors (Lipinski definition) is 5. The molecule has 0 aromatic carbocycles. The molecule has 2 N–H and O–H groups in total. The molecule has 82 valence electrons. The van der Waals surface area contributed by atoms with E-state index in [2.05, 4.69) is 11.0 Å². The van der Waals surface area contributed by atoms with Crippen LogP contribution in [0.15, 0.2) is 39.7 Å². The number of nitrogens with one attached hydrogen (secondary N) is 1. The lowest BCUT2D eigenvalue weighted by Crippen LogP contribution is -2.21. The summed E-state index contributed by atoms with van der Waals surface area (Å²) < 4.78 is 26.4. The molecule has 0 aromatic rings. The van der Waals surface area contributed by atoms with Gasteiger partial charge in [0.15, 0.2) is 0 Å². The first-order valence-corrected chi connectivity index (χ1v) is 6.54. The van der Waals surface area contributed by atoms with Crippen molar-refractivity contribution in [1.82, 2.24) is 4.89 Å². The number of hydrogen-bond donors (Lipinski definition) is 2. The molecule has 15 heavy (non-hydrogen) atoms. The predicted octanol–water partition coefficient (Wildman–Crippen LogP) is 1.02. The fourth-order valence-corrected chi connectivity index (χ4v) is 1.99. The highest BCUT2D eigenvalue weighted by molar-refractivity contribution is 7.97. The van der Waals surface area contributed by atoms with Crippen LogP contribution in [-0.4, -0.2) is 25.6 Å². The molecule has 0 unspecified atom stereocenters. The van der Waals surface area contributed by atoms with E-state index in [1.54, 1.807) is 6.26 Å². The molecule has 1 rings (SSSR count). The van der Waals surface area contributed by atoms with E-state index >= 15 is 0 Å². The molecule has 0 aromatic heterocycles. The van der Waals surface area contributed by atoms with Crippen molar-refractivity contribution in [3.8, 4) is 0 Å². The van der Waals surface area contributed by atoms with Crippen LogP contribution in [0.5, 0.6) is 0 Å². The van der Waals surface area contributed by atoms with E-state index in [-0.39, 0.29) is 4.91 Å². The Bertz CT molecular complexity index is 460. The first-order valence-electron chi connectivity index (χ1n) is 3.87. The molecule has 1 aliphatic rings. The van der Waals surface area contributed by atoms with Gasteiger partial charge in [0, 0.05) is 6.26 Å². The van der Waals surface area contributed by atoms with E-state index < -0.39 is 10.0 Å². The molecule has 0 saturated carbocycles. The van der Waals surface area contributed by atoms with E-state index in [4.69, 9.17) is 5.21 Å². The molecule has 7 heteroatoms. The van der Waals surface area contributed by atoms with E-state index in [1.807, 2.05) is 0 Å². The average molecular weight is 246 g/mol. The summed E-state index contributed by atoms with van der Waals surface area (Å²) in [5.41, 5.74) is 1.10. The van der Waals surface area contributed by atoms with Gasteiger partial charge in [0.25, 0.3) is 10.0 Å². The second-order valence-electron chi connectivity index (χ2n) is 2.66. The monoisotopic (exact) mass is 246 g/mol. The van der Waals surface area contributed by atoms with Gasteiger partial charge in [-0.1, -0.05) is 11.5 Å². The van der Waals surface area contributed by atoms with Gasteiger partial charge >= 0.3 is 0 Å². The predicted molar refractivity (Wildman–Crippen MR) is 61.2 cm³/mol. The Hall–Kier alpha value is -0.890. The first-order chi connectivity index (χ1) is 7.01. The van der Waals surface area contributed by atoms with Crippen molar-refractivity contribution < 1.29 is 13.6 Å². The Kier molecular flexibility index (Phi) is 3.86. The zero-order chi connectivity index (χ0) is 11.5. The molecule has 0 saturated heterocycles. The molecule has 0 atom stereocenters. The fraction of sp³-hybridized carbons (Fsp3) is 0.125. The second kappa shape index (κ2) is 4.75. The number of rotatable bonds is 3. The van der Waals surface area contributed by atoms with Gasteiger partial charge in [-0.15, -0.1) is 0 Å². The highest BCUT2D eigenvalue weighted by atomic mass is 32.2. The molecule has 0 radical (unpaired) electrons. The minimum atomic E-state index is -3.84.